The van der Waals surface area contributed by atoms with Gasteiger partial charge < -0.3 is 15.4 Å². The molecule has 154 valence electrons. The molecule has 3 amide bonds. The highest BCUT2D eigenvalue weighted by Gasteiger charge is 2.12. The number of anilines is 3. The van der Waals surface area contributed by atoms with E-state index in [4.69, 9.17) is 4.74 Å². The van der Waals surface area contributed by atoms with Crippen molar-refractivity contribution < 1.29 is 19.1 Å². The number of nitrogens with zero attached hydrogens (tertiary/aromatic N) is 1. The Morgan fingerprint density at radius 3 is 2.17 bits per heavy atom. The van der Waals surface area contributed by atoms with E-state index in [9.17, 15) is 14.4 Å². The first-order valence-corrected chi connectivity index (χ1v) is 9.88. The fourth-order valence-corrected chi connectivity index (χ4v) is 3.27. The molecule has 30 heavy (non-hydrogen) atoms. The molecule has 1 heterocycles. The Hall–Kier alpha value is -3.72. The van der Waals surface area contributed by atoms with Crippen LogP contribution in [0, 0.1) is 0 Å². The molecular weight excluding hydrogens is 404 g/mol. The minimum absolute atomic E-state index is 0.0718. The van der Waals surface area contributed by atoms with Gasteiger partial charge in [0, 0.05) is 29.2 Å². The molecule has 0 atom stereocenters. The van der Waals surface area contributed by atoms with Crippen molar-refractivity contribution in [2.75, 3.05) is 23.1 Å². The molecule has 3 aromatic rings. The zero-order chi connectivity index (χ0) is 21.5. The van der Waals surface area contributed by atoms with Crippen LogP contribution >= 0.6 is 11.3 Å². The van der Waals surface area contributed by atoms with Crippen LogP contribution in [0.1, 0.15) is 23.0 Å². The topological polar surface area (TPSA) is 109 Å². The maximum absolute atomic E-state index is 12.3. The van der Waals surface area contributed by atoms with Gasteiger partial charge in [-0.2, -0.15) is 0 Å². The minimum Gasteiger partial charge on any atom is -0.497 e. The van der Waals surface area contributed by atoms with Crippen molar-refractivity contribution in [1.82, 2.24) is 4.98 Å². The van der Waals surface area contributed by atoms with E-state index in [-0.39, 0.29) is 24.1 Å². The maximum atomic E-state index is 12.3. The number of hydrogen-bond donors (Lipinski definition) is 3. The standard InChI is InChI=1S/C21H20N4O4S/c1-13(26)22-15-5-7-16(8-6-15)23-19(27)11-17-12-30-21(24-17)25-20(28)14-3-9-18(29-2)10-4-14/h3-10,12H,11H2,1-2H3,(H,22,26)(H,23,27)(H,24,25,28). The van der Waals surface area contributed by atoms with E-state index in [1.807, 2.05) is 0 Å². The molecule has 0 bridgehead atoms. The monoisotopic (exact) mass is 424 g/mol. The summed E-state index contributed by atoms with van der Waals surface area (Å²) in [7, 11) is 1.56. The zero-order valence-corrected chi connectivity index (χ0v) is 17.2. The first-order valence-electron chi connectivity index (χ1n) is 9.00. The Bertz CT molecular complexity index is 1050. The molecule has 0 radical (unpaired) electrons. The molecule has 0 aliphatic heterocycles. The van der Waals surface area contributed by atoms with Gasteiger partial charge in [-0.1, -0.05) is 0 Å². The number of aromatic nitrogens is 1. The molecule has 9 heteroatoms. The molecule has 0 aliphatic rings. The Morgan fingerprint density at radius 2 is 1.57 bits per heavy atom. The first kappa shape index (κ1) is 21.0. The highest BCUT2D eigenvalue weighted by atomic mass is 32.1. The van der Waals surface area contributed by atoms with Crippen LogP contribution < -0.4 is 20.7 Å². The van der Waals surface area contributed by atoms with Crippen molar-refractivity contribution in [3.05, 3.63) is 65.2 Å². The molecule has 0 spiro atoms. The Morgan fingerprint density at radius 1 is 0.933 bits per heavy atom. The van der Waals surface area contributed by atoms with Crippen molar-refractivity contribution in [3.8, 4) is 5.75 Å². The SMILES string of the molecule is COc1ccc(C(=O)Nc2nc(CC(=O)Nc3ccc(NC(C)=O)cc3)cs2)cc1. The van der Waals surface area contributed by atoms with Crippen molar-refractivity contribution in [2.45, 2.75) is 13.3 Å². The summed E-state index contributed by atoms with van der Waals surface area (Å²) in [6, 6.07) is 13.5. The number of rotatable bonds is 7. The van der Waals surface area contributed by atoms with Gasteiger partial charge in [0.25, 0.3) is 5.91 Å². The van der Waals surface area contributed by atoms with Crippen LogP contribution in [0.25, 0.3) is 0 Å². The molecular formula is C21H20N4O4S. The molecule has 3 rings (SSSR count). The van der Waals surface area contributed by atoms with E-state index in [0.717, 1.165) is 0 Å². The third-order valence-corrected chi connectivity index (χ3v) is 4.76. The molecule has 0 aliphatic carbocycles. The predicted molar refractivity (Wildman–Crippen MR) is 116 cm³/mol. The van der Waals surface area contributed by atoms with Crippen LogP contribution in [0.15, 0.2) is 53.9 Å². The summed E-state index contributed by atoms with van der Waals surface area (Å²) in [5.41, 5.74) is 2.29. The average molecular weight is 424 g/mol. The lowest BCUT2D eigenvalue weighted by Gasteiger charge is -2.06. The van der Waals surface area contributed by atoms with Crippen LogP contribution in [-0.2, 0) is 16.0 Å². The lowest BCUT2D eigenvalue weighted by molar-refractivity contribution is -0.116. The second-order valence-electron chi connectivity index (χ2n) is 6.31. The summed E-state index contributed by atoms with van der Waals surface area (Å²) in [5, 5.41) is 10.3. The van der Waals surface area contributed by atoms with E-state index < -0.39 is 0 Å². The molecule has 3 N–H and O–H groups in total. The quantitative estimate of drug-likeness (QED) is 0.537. The van der Waals surface area contributed by atoms with Crippen LogP contribution in [0.3, 0.4) is 0 Å². The van der Waals surface area contributed by atoms with Gasteiger partial charge in [0.15, 0.2) is 5.13 Å². The van der Waals surface area contributed by atoms with Crippen LogP contribution in [-0.4, -0.2) is 29.8 Å². The Kier molecular flexibility index (Phi) is 6.76. The molecule has 8 nitrogen and oxygen atoms in total. The predicted octanol–water partition coefficient (Wildman–Crippen LogP) is 3.54. The molecule has 2 aromatic carbocycles. The van der Waals surface area contributed by atoms with E-state index in [0.29, 0.717) is 33.5 Å². The third kappa shape index (κ3) is 5.89. The van der Waals surface area contributed by atoms with Crippen molar-refractivity contribution in [2.24, 2.45) is 0 Å². The van der Waals surface area contributed by atoms with Gasteiger partial charge in [-0.3, -0.25) is 19.7 Å². The van der Waals surface area contributed by atoms with Gasteiger partial charge in [0.1, 0.15) is 5.75 Å². The number of amides is 3. The number of methoxy groups -OCH3 is 1. The second kappa shape index (κ2) is 9.66. The second-order valence-corrected chi connectivity index (χ2v) is 7.17. The van der Waals surface area contributed by atoms with Gasteiger partial charge in [0.2, 0.25) is 11.8 Å². The van der Waals surface area contributed by atoms with Gasteiger partial charge >= 0.3 is 0 Å². The van der Waals surface area contributed by atoms with Gasteiger partial charge in [0.05, 0.1) is 19.2 Å². The fraction of sp³-hybridized carbons (Fsp3) is 0.143. The van der Waals surface area contributed by atoms with E-state index in [2.05, 4.69) is 20.9 Å². The zero-order valence-electron chi connectivity index (χ0n) is 16.4. The first-order chi connectivity index (χ1) is 14.4. The van der Waals surface area contributed by atoms with Crippen LogP contribution in [0.5, 0.6) is 5.75 Å². The largest absolute Gasteiger partial charge is 0.497 e. The number of nitrogens with one attached hydrogen (secondary N) is 3. The van der Waals surface area contributed by atoms with E-state index in [1.165, 1.54) is 18.3 Å². The van der Waals surface area contributed by atoms with Crippen LogP contribution in [0.4, 0.5) is 16.5 Å². The maximum Gasteiger partial charge on any atom is 0.257 e. The molecule has 0 saturated heterocycles. The van der Waals surface area contributed by atoms with Gasteiger partial charge in [-0.15, -0.1) is 11.3 Å². The average Bonchev–Trinajstić information content (AvgIpc) is 3.15. The van der Waals surface area contributed by atoms with E-state index in [1.54, 1.807) is 61.0 Å². The number of carbonyl (C=O) groups excluding carboxylic acids is 3. The fourth-order valence-electron chi connectivity index (χ4n) is 2.57. The summed E-state index contributed by atoms with van der Waals surface area (Å²) < 4.78 is 5.07. The summed E-state index contributed by atoms with van der Waals surface area (Å²) in [6.07, 6.45) is 0.0718. The minimum atomic E-state index is -0.290. The molecule has 1 aromatic heterocycles. The number of benzene rings is 2. The lowest BCUT2D eigenvalue weighted by Crippen LogP contribution is -2.15. The Balaban J connectivity index is 1.53. The lowest BCUT2D eigenvalue weighted by atomic mass is 10.2. The van der Waals surface area contributed by atoms with Crippen LogP contribution in [0.2, 0.25) is 0 Å². The third-order valence-electron chi connectivity index (χ3n) is 3.96. The molecule has 0 saturated carbocycles. The van der Waals surface area contributed by atoms with Gasteiger partial charge in [-0.25, -0.2) is 4.98 Å². The molecule has 0 unspecified atom stereocenters. The highest BCUT2D eigenvalue weighted by Crippen LogP contribution is 2.19. The number of hydrogen-bond acceptors (Lipinski definition) is 6. The smallest absolute Gasteiger partial charge is 0.257 e. The summed E-state index contributed by atoms with van der Waals surface area (Å²) in [6.45, 7) is 1.43. The summed E-state index contributed by atoms with van der Waals surface area (Å²) in [5.74, 6) is -0.0214. The van der Waals surface area contributed by atoms with Crippen molar-refractivity contribution in [1.29, 1.82) is 0 Å². The number of ether oxygens (including phenoxy) is 1. The number of carbonyl (C=O) groups is 3. The number of thiazole rings is 1. The summed E-state index contributed by atoms with van der Waals surface area (Å²) in [4.78, 5) is 39.9. The van der Waals surface area contributed by atoms with Gasteiger partial charge in [-0.05, 0) is 48.5 Å². The van der Waals surface area contributed by atoms with E-state index >= 15 is 0 Å². The van der Waals surface area contributed by atoms with Crippen molar-refractivity contribution in [3.63, 3.8) is 0 Å². The summed E-state index contributed by atoms with van der Waals surface area (Å²) >= 11 is 1.25. The highest BCUT2D eigenvalue weighted by molar-refractivity contribution is 7.14. The Labute approximate surface area is 177 Å². The normalized spacial score (nSPS) is 10.2. The molecule has 0 fully saturated rings. The van der Waals surface area contributed by atoms with Crippen molar-refractivity contribution >= 4 is 45.6 Å².